The zero-order chi connectivity index (χ0) is 21.9. The molecule has 0 aliphatic heterocycles. The molecule has 160 valence electrons. The maximum Gasteiger partial charge on any atom is 0.326 e. The van der Waals surface area contributed by atoms with Crippen molar-refractivity contribution in [2.75, 3.05) is 13.1 Å². The van der Waals surface area contributed by atoms with Crippen molar-refractivity contribution in [3.05, 3.63) is 0 Å². The fourth-order valence-corrected chi connectivity index (χ4v) is 2.00. The van der Waals surface area contributed by atoms with Crippen LogP contribution in [0.15, 0.2) is 4.99 Å². The third-order valence-corrected chi connectivity index (χ3v) is 3.77. The Kier molecular flexibility index (Phi) is 11.2. The maximum atomic E-state index is 12.1. The number of carbonyl (C=O) groups excluding carboxylic acids is 3. The highest BCUT2D eigenvalue weighted by Crippen LogP contribution is 2.00. The summed E-state index contributed by atoms with van der Waals surface area (Å²) >= 11 is 0. The van der Waals surface area contributed by atoms with Crippen LogP contribution in [0.25, 0.3) is 0 Å². The predicted molar refractivity (Wildman–Crippen MR) is 103 cm³/mol. The molecule has 0 rings (SSSR count). The van der Waals surface area contributed by atoms with Crippen LogP contribution in [0.3, 0.4) is 0 Å². The van der Waals surface area contributed by atoms with Crippen molar-refractivity contribution in [3.63, 3.8) is 0 Å². The van der Waals surface area contributed by atoms with Gasteiger partial charge in [-0.25, -0.2) is 4.79 Å². The summed E-state index contributed by atoms with van der Waals surface area (Å²) in [5.74, 6) is -3.17. The van der Waals surface area contributed by atoms with Crippen molar-refractivity contribution < 1.29 is 24.3 Å². The van der Waals surface area contributed by atoms with Gasteiger partial charge in [0, 0.05) is 6.54 Å². The van der Waals surface area contributed by atoms with Crippen molar-refractivity contribution in [1.29, 1.82) is 0 Å². The highest BCUT2D eigenvalue weighted by Gasteiger charge is 2.24. The smallest absolute Gasteiger partial charge is 0.326 e. The Labute approximate surface area is 163 Å². The lowest BCUT2D eigenvalue weighted by Gasteiger charge is -2.19. The lowest BCUT2D eigenvalue weighted by molar-refractivity contribution is -0.142. The minimum absolute atomic E-state index is 0.0901. The molecule has 3 atom stereocenters. The van der Waals surface area contributed by atoms with Crippen LogP contribution < -0.4 is 33.2 Å². The predicted octanol–water partition coefficient (Wildman–Crippen LogP) is -2.79. The molecular weight excluding hydrogens is 370 g/mol. The third-order valence-electron chi connectivity index (χ3n) is 3.77. The Morgan fingerprint density at radius 1 is 1.04 bits per heavy atom. The molecule has 0 aliphatic carbocycles. The van der Waals surface area contributed by atoms with E-state index in [1.165, 1.54) is 6.92 Å². The molecule has 0 aromatic carbocycles. The second-order valence-electron chi connectivity index (χ2n) is 6.63. The first kappa shape index (κ1) is 25.1. The first-order chi connectivity index (χ1) is 13.0. The molecule has 10 N–H and O–H groups in total. The number of aliphatic imine (C=N–C) groups is 1. The Morgan fingerprint density at radius 3 is 2.14 bits per heavy atom. The lowest BCUT2D eigenvalue weighted by atomic mass is 10.1. The molecule has 3 amide bonds. The summed E-state index contributed by atoms with van der Waals surface area (Å²) < 4.78 is 0. The zero-order valence-corrected chi connectivity index (χ0v) is 16.4. The Morgan fingerprint density at radius 2 is 1.64 bits per heavy atom. The second-order valence-corrected chi connectivity index (χ2v) is 6.63. The molecule has 3 unspecified atom stereocenters. The lowest BCUT2D eigenvalue weighted by Crippen LogP contribution is -2.53. The number of carboxylic acids is 1. The van der Waals surface area contributed by atoms with Crippen molar-refractivity contribution in [3.8, 4) is 0 Å². The molecule has 0 fully saturated rings. The molecule has 12 heteroatoms. The van der Waals surface area contributed by atoms with E-state index < -0.39 is 41.8 Å². The average Bonchev–Trinajstić information content (AvgIpc) is 2.60. The van der Waals surface area contributed by atoms with Gasteiger partial charge < -0.3 is 38.3 Å². The van der Waals surface area contributed by atoms with Crippen LogP contribution in [0.2, 0.25) is 0 Å². The van der Waals surface area contributed by atoms with Crippen LogP contribution in [0, 0.1) is 5.92 Å². The normalized spacial score (nSPS) is 13.8. The Balaban J connectivity index is 4.46. The van der Waals surface area contributed by atoms with Crippen LogP contribution in [-0.4, -0.2) is 66.0 Å². The standard InChI is InChI=1S/C16H31N7O5/c1-8(2)12(17)14(26)21-7-11(24)22-9(3)13(25)23-10(15(27)28)5-4-6-20-16(18)19/h8-10,12H,4-7,17H2,1-3H3,(H,21,26)(H,22,24)(H,23,25)(H,27,28)(H4,18,19,20). The number of nitrogens with two attached hydrogens (primary N) is 3. The molecule has 0 aliphatic rings. The molecule has 0 bridgehead atoms. The molecule has 0 saturated heterocycles. The number of hydrogen-bond donors (Lipinski definition) is 7. The largest absolute Gasteiger partial charge is 0.480 e. The van der Waals surface area contributed by atoms with Gasteiger partial charge >= 0.3 is 5.97 Å². The van der Waals surface area contributed by atoms with E-state index in [9.17, 15) is 24.3 Å². The van der Waals surface area contributed by atoms with Gasteiger partial charge in [-0.2, -0.15) is 0 Å². The number of carbonyl (C=O) groups is 4. The maximum absolute atomic E-state index is 12.1. The fourth-order valence-electron chi connectivity index (χ4n) is 2.00. The third kappa shape index (κ3) is 10.3. The van der Waals surface area contributed by atoms with E-state index in [0.29, 0.717) is 6.42 Å². The first-order valence-corrected chi connectivity index (χ1v) is 8.86. The Bertz CT molecular complexity index is 590. The highest BCUT2D eigenvalue weighted by molar-refractivity contribution is 5.92. The molecule has 0 heterocycles. The number of guanidine groups is 1. The van der Waals surface area contributed by atoms with Gasteiger partial charge in [0.25, 0.3) is 0 Å². The monoisotopic (exact) mass is 401 g/mol. The van der Waals surface area contributed by atoms with Crippen LogP contribution >= 0.6 is 0 Å². The average molecular weight is 401 g/mol. The highest BCUT2D eigenvalue weighted by atomic mass is 16.4. The quantitative estimate of drug-likeness (QED) is 0.103. The van der Waals surface area contributed by atoms with E-state index in [0.717, 1.165) is 0 Å². The molecule has 0 radical (unpaired) electrons. The zero-order valence-electron chi connectivity index (χ0n) is 16.4. The summed E-state index contributed by atoms with van der Waals surface area (Å²) in [6.45, 7) is 4.82. The topological polar surface area (TPSA) is 215 Å². The van der Waals surface area contributed by atoms with Gasteiger partial charge in [0.15, 0.2) is 5.96 Å². The van der Waals surface area contributed by atoms with Gasteiger partial charge in [-0.1, -0.05) is 13.8 Å². The second kappa shape index (κ2) is 12.5. The van der Waals surface area contributed by atoms with E-state index in [1.807, 2.05) is 0 Å². The number of carboxylic acid groups (broad SMARTS) is 1. The van der Waals surface area contributed by atoms with Gasteiger partial charge in [0.05, 0.1) is 12.6 Å². The summed E-state index contributed by atoms with van der Waals surface area (Å²) in [4.78, 5) is 50.7. The van der Waals surface area contributed by atoms with Crippen molar-refractivity contribution in [2.45, 2.75) is 51.7 Å². The fraction of sp³-hybridized carbons (Fsp3) is 0.688. The first-order valence-electron chi connectivity index (χ1n) is 8.86. The SMILES string of the molecule is CC(NC(=O)CNC(=O)C(N)C(C)C)C(=O)NC(CCCN=C(N)N)C(=O)O. The molecule has 0 saturated carbocycles. The van der Waals surface area contributed by atoms with Gasteiger partial charge in [0.2, 0.25) is 17.7 Å². The van der Waals surface area contributed by atoms with Crippen LogP contribution in [0.4, 0.5) is 0 Å². The molecule has 0 aromatic rings. The van der Waals surface area contributed by atoms with Gasteiger partial charge in [-0.3, -0.25) is 19.4 Å². The summed E-state index contributed by atoms with van der Waals surface area (Å²) in [7, 11) is 0. The summed E-state index contributed by atoms with van der Waals surface area (Å²) in [6.07, 6.45) is 0.458. The molecule has 0 spiro atoms. The number of nitrogens with zero attached hydrogens (tertiary/aromatic N) is 1. The number of rotatable bonds is 12. The number of aliphatic carboxylic acids is 1. The summed E-state index contributed by atoms with van der Waals surface area (Å²) in [6, 6.07) is -2.89. The molecule has 28 heavy (non-hydrogen) atoms. The van der Waals surface area contributed by atoms with E-state index in [-0.39, 0.29) is 31.4 Å². The minimum Gasteiger partial charge on any atom is -0.480 e. The van der Waals surface area contributed by atoms with E-state index in [4.69, 9.17) is 17.2 Å². The minimum atomic E-state index is -1.22. The van der Waals surface area contributed by atoms with Gasteiger partial charge in [-0.15, -0.1) is 0 Å². The molecule has 0 aromatic heterocycles. The van der Waals surface area contributed by atoms with E-state index >= 15 is 0 Å². The number of amides is 3. The van der Waals surface area contributed by atoms with Crippen LogP contribution in [-0.2, 0) is 19.2 Å². The van der Waals surface area contributed by atoms with Gasteiger partial charge in [-0.05, 0) is 25.7 Å². The van der Waals surface area contributed by atoms with Crippen LogP contribution in [0.1, 0.15) is 33.6 Å². The Hall–Kier alpha value is -2.89. The summed E-state index contributed by atoms with van der Waals surface area (Å²) in [5.41, 5.74) is 16.0. The van der Waals surface area contributed by atoms with Crippen molar-refractivity contribution >= 4 is 29.7 Å². The van der Waals surface area contributed by atoms with E-state index in [2.05, 4.69) is 20.9 Å². The number of nitrogens with one attached hydrogen (secondary N) is 3. The van der Waals surface area contributed by atoms with Crippen LogP contribution in [0.5, 0.6) is 0 Å². The van der Waals surface area contributed by atoms with Crippen molar-refractivity contribution in [1.82, 2.24) is 16.0 Å². The molecular formula is C16H31N7O5. The van der Waals surface area contributed by atoms with Gasteiger partial charge in [0.1, 0.15) is 12.1 Å². The van der Waals surface area contributed by atoms with E-state index in [1.54, 1.807) is 13.8 Å². The molecule has 12 nitrogen and oxygen atoms in total. The summed E-state index contributed by atoms with van der Waals surface area (Å²) in [5, 5.41) is 16.3. The van der Waals surface area contributed by atoms with Crippen molar-refractivity contribution in [2.24, 2.45) is 28.1 Å². The number of hydrogen-bond acceptors (Lipinski definition) is 6.